The highest BCUT2D eigenvalue weighted by Crippen LogP contribution is 2.55. The van der Waals surface area contributed by atoms with Gasteiger partial charge in [-0.05, 0) is 51.9 Å². The predicted molar refractivity (Wildman–Crippen MR) is 72.2 cm³/mol. The monoisotopic (exact) mass is 320 g/mol. The molecule has 1 nitrogen and oxygen atoms in total. The van der Waals surface area contributed by atoms with Crippen molar-refractivity contribution in [1.82, 2.24) is 0 Å². The molecule has 0 aromatic rings. The number of hydrogen-bond donors (Lipinski definition) is 0. The van der Waals surface area contributed by atoms with Crippen LogP contribution in [0.4, 0.5) is 0 Å². The number of rotatable bonds is 2. The Morgan fingerprint density at radius 1 is 1.47 bits per heavy atom. The van der Waals surface area contributed by atoms with Gasteiger partial charge < -0.3 is 4.74 Å². The third-order valence-corrected chi connectivity index (χ3v) is 5.43. The van der Waals surface area contributed by atoms with E-state index in [0.29, 0.717) is 5.41 Å². The Labute approximate surface area is 107 Å². The van der Waals surface area contributed by atoms with Gasteiger partial charge in [0, 0.05) is 11.3 Å². The summed E-state index contributed by atoms with van der Waals surface area (Å²) in [5.41, 5.74) is 0.570. The van der Waals surface area contributed by atoms with Crippen molar-refractivity contribution in [3.8, 4) is 0 Å². The fraction of sp³-hybridized carbons (Fsp3) is 0.846. The highest BCUT2D eigenvalue weighted by molar-refractivity contribution is 14.1. The standard InChI is InChI=1S/C13H21IO/c1-4-13(5-2)11-8-10(14)6-7-12(11,3)9-15-13/h6,11H,4-5,7-9H2,1-3H3. The lowest BCUT2D eigenvalue weighted by Gasteiger charge is -2.40. The van der Waals surface area contributed by atoms with Crippen LogP contribution in [-0.4, -0.2) is 12.2 Å². The van der Waals surface area contributed by atoms with E-state index in [-0.39, 0.29) is 5.60 Å². The van der Waals surface area contributed by atoms with Crippen molar-refractivity contribution in [2.45, 2.75) is 52.1 Å². The van der Waals surface area contributed by atoms with E-state index in [2.05, 4.69) is 49.4 Å². The highest BCUT2D eigenvalue weighted by Gasteiger charge is 2.54. The van der Waals surface area contributed by atoms with E-state index in [4.69, 9.17) is 4.74 Å². The topological polar surface area (TPSA) is 9.23 Å². The molecule has 15 heavy (non-hydrogen) atoms. The lowest BCUT2D eigenvalue weighted by Crippen LogP contribution is -2.40. The van der Waals surface area contributed by atoms with E-state index in [9.17, 15) is 0 Å². The van der Waals surface area contributed by atoms with Crippen LogP contribution in [0.2, 0.25) is 0 Å². The van der Waals surface area contributed by atoms with Crippen LogP contribution in [-0.2, 0) is 4.74 Å². The summed E-state index contributed by atoms with van der Waals surface area (Å²) in [6.45, 7) is 7.92. The second-order valence-electron chi connectivity index (χ2n) is 5.33. The third-order valence-electron chi connectivity index (χ3n) is 4.55. The number of ether oxygens (including phenoxy) is 1. The Kier molecular flexibility index (Phi) is 3.19. The maximum Gasteiger partial charge on any atom is 0.0715 e. The van der Waals surface area contributed by atoms with E-state index in [1.54, 1.807) is 0 Å². The second kappa shape index (κ2) is 4.02. The summed E-state index contributed by atoms with van der Waals surface area (Å²) in [6, 6.07) is 0. The summed E-state index contributed by atoms with van der Waals surface area (Å²) < 4.78 is 7.73. The Balaban J connectivity index is 2.31. The number of halogens is 1. The van der Waals surface area contributed by atoms with Crippen LogP contribution in [0.1, 0.15) is 46.5 Å². The molecular formula is C13H21IO. The molecule has 1 heterocycles. The van der Waals surface area contributed by atoms with Crippen molar-refractivity contribution in [3.05, 3.63) is 9.66 Å². The van der Waals surface area contributed by atoms with Crippen molar-refractivity contribution < 1.29 is 4.74 Å². The maximum absolute atomic E-state index is 6.20. The minimum absolute atomic E-state index is 0.166. The highest BCUT2D eigenvalue weighted by atomic mass is 127. The Hall–Kier alpha value is 0.430. The molecule has 2 heteroatoms. The molecule has 1 aliphatic carbocycles. The van der Waals surface area contributed by atoms with Crippen LogP contribution < -0.4 is 0 Å². The van der Waals surface area contributed by atoms with Gasteiger partial charge in [0.1, 0.15) is 0 Å². The van der Waals surface area contributed by atoms with Gasteiger partial charge >= 0.3 is 0 Å². The molecule has 2 rings (SSSR count). The van der Waals surface area contributed by atoms with Gasteiger partial charge in [0.15, 0.2) is 0 Å². The number of hydrogen-bond acceptors (Lipinski definition) is 1. The summed E-state index contributed by atoms with van der Waals surface area (Å²) in [6.07, 6.45) is 7.17. The Bertz CT molecular complexity index is 280. The van der Waals surface area contributed by atoms with Gasteiger partial charge in [0.2, 0.25) is 0 Å². The molecule has 86 valence electrons. The van der Waals surface area contributed by atoms with Crippen LogP contribution in [0.15, 0.2) is 9.66 Å². The summed E-state index contributed by atoms with van der Waals surface area (Å²) in [4.78, 5) is 0. The van der Waals surface area contributed by atoms with Crippen LogP contribution in [0, 0.1) is 11.3 Å². The quantitative estimate of drug-likeness (QED) is 0.689. The molecular weight excluding hydrogens is 299 g/mol. The smallest absolute Gasteiger partial charge is 0.0715 e. The van der Waals surface area contributed by atoms with Crippen LogP contribution in [0.5, 0.6) is 0 Å². The average molecular weight is 320 g/mol. The van der Waals surface area contributed by atoms with Crippen molar-refractivity contribution in [1.29, 1.82) is 0 Å². The molecule has 0 aromatic carbocycles. The zero-order valence-corrected chi connectivity index (χ0v) is 12.1. The largest absolute Gasteiger partial charge is 0.374 e. The van der Waals surface area contributed by atoms with Crippen molar-refractivity contribution in [3.63, 3.8) is 0 Å². The molecule has 0 amide bonds. The van der Waals surface area contributed by atoms with Gasteiger partial charge in [-0.15, -0.1) is 0 Å². The minimum Gasteiger partial charge on any atom is -0.374 e. The number of allylic oxidation sites excluding steroid dienone is 2. The first kappa shape index (κ1) is 11.9. The molecule has 0 radical (unpaired) electrons. The molecule has 1 aliphatic heterocycles. The first-order chi connectivity index (χ1) is 7.06. The van der Waals surface area contributed by atoms with E-state index >= 15 is 0 Å². The molecule has 2 unspecified atom stereocenters. The van der Waals surface area contributed by atoms with Crippen LogP contribution in [0.25, 0.3) is 0 Å². The Morgan fingerprint density at radius 2 is 2.13 bits per heavy atom. The maximum atomic E-state index is 6.20. The lowest BCUT2D eigenvalue weighted by molar-refractivity contribution is -0.0276. The fourth-order valence-electron chi connectivity index (χ4n) is 3.35. The summed E-state index contributed by atoms with van der Waals surface area (Å²) >= 11 is 2.49. The fourth-order valence-corrected chi connectivity index (χ4v) is 4.01. The molecule has 0 saturated carbocycles. The van der Waals surface area contributed by atoms with E-state index in [1.165, 1.54) is 16.4 Å². The van der Waals surface area contributed by atoms with Crippen molar-refractivity contribution >= 4 is 22.6 Å². The zero-order valence-electron chi connectivity index (χ0n) is 9.98. The van der Waals surface area contributed by atoms with Gasteiger partial charge in [-0.2, -0.15) is 0 Å². The van der Waals surface area contributed by atoms with Crippen LogP contribution in [0.3, 0.4) is 0 Å². The molecule has 2 atom stereocenters. The molecule has 0 aromatic heterocycles. The van der Waals surface area contributed by atoms with Gasteiger partial charge in [-0.25, -0.2) is 0 Å². The SMILES string of the molecule is CCC1(CC)OCC2(C)CC=C(I)CC21. The second-order valence-corrected chi connectivity index (χ2v) is 6.71. The van der Waals surface area contributed by atoms with Crippen molar-refractivity contribution in [2.75, 3.05) is 6.61 Å². The van der Waals surface area contributed by atoms with Crippen molar-refractivity contribution in [2.24, 2.45) is 11.3 Å². The predicted octanol–water partition coefficient (Wildman–Crippen LogP) is 4.31. The van der Waals surface area contributed by atoms with Gasteiger partial charge in [-0.3, -0.25) is 0 Å². The molecule has 1 fully saturated rings. The average Bonchev–Trinajstić information content (AvgIpc) is 2.53. The molecule has 0 N–H and O–H groups in total. The number of fused-ring (bicyclic) bond motifs is 1. The van der Waals surface area contributed by atoms with Gasteiger partial charge in [0.25, 0.3) is 0 Å². The van der Waals surface area contributed by atoms with E-state index in [1.807, 2.05) is 0 Å². The Morgan fingerprint density at radius 3 is 2.73 bits per heavy atom. The molecule has 0 bridgehead atoms. The molecule has 0 spiro atoms. The lowest BCUT2D eigenvalue weighted by atomic mass is 9.64. The summed E-state index contributed by atoms with van der Waals surface area (Å²) in [7, 11) is 0. The zero-order chi connectivity index (χ0) is 11.1. The van der Waals surface area contributed by atoms with Crippen LogP contribution >= 0.6 is 22.6 Å². The molecule has 1 saturated heterocycles. The molecule has 2 aliphatic rings. The first-order valence-corrected chi connectivity index (χ1v) is 7.13. The van der Waals surface area contributed by atoms with Gasteiger partial charge in [-0.1, -0.05) is 26.8 Å². The summed E-state index contributed by atoms with van der Waals surface area (Å²) in [5, 5.41) is 0. The van der Waals surface area contributed by atoms with E-state index < -0.39 is 0 Å². The third kappa shape index (κ3) is 1.78. The van der Waals surface area contributed by atoms with E-state index in [0.717, 1.165) is 25.4 Å². The summed E-state index contributed by atoms with van der Waals surface area (Å²) in [5.74, 6) is 0.733. The normalized spacial score (nSPS) is 38.7. The minimum atomic E-state index is 0.166. The first-order valence-electron chi connectivity index (χ1n) is 6.05. The van der Waals surface area contributed by atoms with Gasteiger partial charge in [0.05, 0.1) is 12.2 Å².